The first-order valence-electron chi connectivity index (χ1n) is 17.0. The average Bonchev–Trinajstić information content (AvgIpc) is 3.61. The maximum atomic E-state index is 13.6. The van der Waals surface area contributed by atoms with Gasteiger partial charge in [0.2, 0.25) is 12.3 Å². The van der Waals surface area contributed by atoms with E-state index >= 15 is 0 Å². The van der Waals surface area contributed by atoms with Gasteiger partial charge in [0.1, 0.15) is 11.3 Å². The van der Waals surface area contributed by atoms with Gasteiger partial charge in [0.25, 0.3) is 0 Å². The van der Waals surface area contributed by atoms with Crippen LogP contribution < -0.4 is 10.6 Å². The summed E-state index contributed by atoms with van der Waals surface area (Å²) in [4.78, 5) is 28.0. The van der Waals surface area contributed by atoms with Gasteiger partial charge < -0.3 is 25.3 Å². The van der Waals surface area contributed by atoms with Crippen molar-refractivity contribution in [3.05, 3.63) is 107 Å². The highest BCUT2D eigenvalue weighted by molar-refractivity contribution is 5.80. The number of rotatable bonds is 11. The number of aliphatic hydroxyl groups excluding tert-OH is 2. The van der Waals surface area contributed by atoms with Crippen molar-refractivity contribution in [2.24, 2.45) is 5.92 Å². The molecule has 2 amide bonds. The number of aliphatic hydroxyl groups is 2. The fourth-order valence-electron chi connectivity index (χ4n) is 6.54. The van der Waals surface area contributed by atoms with E-state index < -0.39 is 24.2 Å². The number of furan rings is 1. The average molecular weight is 655 g/mol. The minimum absolute atomic E-state index is 0.0677. The SMILES string of the molecule is CC(C)(C)NC=O.O=C(NC1c2ccccc2CC1O)[C@H](Cc1ccccc1)C[C@H](O)CN1CCN(Cc2cc3ccccc3o2)CC1. The summed E-state index contributed by atoms with van der Waals surface area (Å²) in [5, 5.41) is 28.7. The summed E-state index contributed by atoms with van der Waals surface area (Å²) in [7, 11) is 0. The van der Waals surface area contributed by atoms with Gasteiger partial charge in [0.05, 0.1) is 24.8 Å². The zero-order valence-corrected chi connectivity index (χ0v) is 28.3. The molecule has 1 aromatic heterocycles. The summed E-state index contributed by atoms with van der Waals surface area (Å²) in [6.45, 7) is 10.6. The first-order chi connectivity index (χ1) is 23.1. The van der Waals surface area contributed by atoms with Gasteiger partial charge in [-0.05, 0) is 62.4 Å². The van der Waals surface area contributed by atoms with Crippen LogP contribution in [0.2, 0.25) is 0 Å². The van der Waals surface area contributed by atoms with Crippen LogP contribution in [0.25, 0.3) is 11.0 Å². The molecule has 1 aliphatic heterocycles. The minimum atomic E-state index is -0.644. The Morgan fingerprint density at radius 1 is 0.958 bits per heavy atom. The van der Waals surface area contributed by atoms with Crippen molar-refractivity contribution in [2.75, 3.05) is 32.7 Å². The molecular formula is C39H50N4O5. The van der Waals surface area contributed by atoms with Crippen LogP contribution in [-0.4, -0.2) is 82.8 Å². The number of nitrogens with one attached hydrogen (secondary N) is 2. The summed E-state index contributed by atoms with van der Waals surface area (Å²) in [5.41, 5.74) is 3.97. The second kappa shape index (κ2) is 16.4. The van der Waals surface area contributed by atoms with Crippen LogP contribution in [0, 0.1) is 5.92 Å². The monoisotopic (exact) mass is 654 g/mol. The number of β-amino-alcohol motifs (C(OH)–C–C–N with tert-alkyl or cyclic N) is 1. The number of para-hydroxylation sites is 1. The molecule has 0 spiro atoms. The van der Waals surface area contributed by atoms with Gasteiger partial charge in [-0.1, -0.05) is 72.8 Å². The van der Waals surface area contributed by atoms with E-state index in [-0.39, 0.29) is 11.4 Å². The number of carbonyl (C=O) groups is 2. The van der Waals surface area contributed by atoms with E-state index in [4.69, 9.17) is 4.42 Å². The standard InChI is InChI=1S/C34H39N3O4.C5H11NO/c38-28(22-36-14-16-37(17-15-36)23-29-20-26-11-5-7-13-32(26)41-29)19-27(18-24-8-2-1-3-9-24)34(40)35-33-30-12-6-4-10-25(30)21-31(33)39;1-5(2,3)6-4-7/h1-13,20,27-28,31,33,38-39H,14-19,21-23H2,(H,35,40);4H,1-3H3,(H,6,7)/t27-,28+,31?,33?;/m1./s1. The number of fused-ring (bicyclic) bond motifs is 2. The first kappa shape index (κ1) is 35.3. The van der Waals surface area contributed by atoms with Crippen LogP contribution >= 0.6 is 0 Å². The molecule has 1 fully saturated rings. The van der Waals surface area contributed by atoms with E-state index in [1.165, 1.54) is 0 Å². The van der Waals surface area contributed by atoms with Gasteiger partial charge in [-0.15, -0.1) is 0 Å². The molecule has 0 saturated carbocycles. The lowest BCUT2D eigenvalue weighted by molar-refractivity contribution is -0.127. The Bertz CT molecular complexity index is 1580. The molecule has 2 heterocycles. The second-order valence-electron chi connectivity index (χ2n) is 14.1. The maximum absolute atomic E-state index is 13.6. The van der Waals surface area contributed by atoms with Crippen LogP contribution in [-0.2, 0) is 29.0 Å². The Hall–Kier alpha value is -4.02. The molecular weight excluding hydrogens is 604 g/mol. The van der Waals surface area contributed by atoms with Gasteiger partial charge in [0, 0.05) is 56.0 Å². The molecule has 6 rings (SSSR count). The number of nitrogens with zero attached hydrogens (tertiary/aromatic N) is 2. The summed E-state index contributed by atoms with van der Waals surface area (Å²) >= 11 is 0. The fraction of sp³-hybridized carbons (Fsp3) is 0.436. The van der Waals surface area contributed by atoms with E-state index in [0.717, 1.165) is 66.1 Å². The molecule has 9 heteroatoms. The lowest BCUT2D eigenvalue weighted by atomic mass is 9.92. The molecule has 0 radical (unpaired) electrons. The minimum Gasteiger partial charge on any atom is -0.460 e. The molecule has 4 N–H and O–H groups in total. The molecule has 256 valence electrons. The third-order valence-corrected chi connectivity index (χ3v) is 9.04. The lowest BCUT2D eigenvalue weighted by Crippen LogP contribution is -2.48. The highest BCUT2D eigenvalue weighted by Gasteiger charge is 2.34. The Kier molecular flexibility index (Phi) is 12.1. The van der Waals surface area contributed by atoms with Crippen LogP contribution in [0.15, 0.2) is 89.3 Å². The highest BCUT2D eigenvalue weighted by atomic mass is 16.3. The topological polar surface area (TPSA) is 118 Å². The van der Waals surface area contributed by atoms with Crippen molar-refractivity contribution in [1.29, 1.82) is 0 Å². The molecule has 48 heavy (non-hydrogen) atoms. The molecule has 1 aliphatic carbocycles. The van der Waals surface area contributed by atoms with Crippen LogP contribution in [0.3, 0.4) is 0 Å². The van der Waals surface area contributed by atoms with Gasteiger partial charge in [-0.2, -0.15) is 0 Å². The highest BCUT2D eigenvalue weighted by Crippen LogP contribution is 2.32. The second-order valence-corrected chi connectivity index (χ2v) is 14.1. The van der Waals surface area contributed by atoms with Crippen LogP contribution in [0.5, 0.6) is 0 Å². The summed E-state index contributed by atoms with van der Waals surface area (Å²) in [6, 6.07) is 27.6. The van der Waals surface area contributed by atoms with E-state index in [9.17, 15) is 19.8 Å². The van der Waals surface area contributed by atoms with Crippen molar-refractivity contribution < 1.29 is 24.2 Å². The zero-order valence-electron chi connectivity index (χ0n) is 28.3. The molecule has 3 aromatic carbocycles. The Balaban J connectivity index is 0.000000582. The van der Waals surface area contributed by atoms with E-state index in [1.54, 1.807) is 0 Å². The zero-order chi connectivity index (χ0) is 34.1. The molecule has 2 aliphatic rings. The quantitative estimate of drug-likeness (QED) is 0.176. The molecule has 9 nitrogen and oxygen atoms in total. The third kappa shape index (κ3) is 10.00. The molecule has 0 bridgehead atoms. The third-order valence-electron chi connectivity index (χ3n) is 9.04. The summed E-state index contributed by atoms with van der Waals surface area (Å²) in [6.07, 6.45) is 0.880. The smallest absolute Gasteiger partial charge is 0.224 e. The van der Waals surface area contributed by atoms with Crippen molar-refractivity contribution in [3.8, 4) is 0 Å². The summed E-state index contributed by atoms with van der Waals surface area (Å²) in [5.74, 6) is 0.454. The van der Waals surface area contributed by atoms with Crippen molar-refractivity contribution in [2.45, 2.75) is 70.4 Å². The maximum Gasteiger partial charge on any atom is 0.224 e. The van der Waals surface area contributed by atoms with E-state index in [0.29, 0.717) is 32.2 Å². The Labute approximate surface area is 283 Å². The number of hydrogen-bond donors (Lipinski definition) is 4. The van der Waals surface area contributed by atoms with Crippen molar-refractivity contribution >= 4 is 23.3 Å². The van der Waals surface area contributed by atoms with Gasteiger partial charge in [-0.25, -0.2) is 0 Å². The molecule has 4 aromatic rings. The largest absolute Gasteiger partial charge is 0.460 e. The predicted molar refractivity (Wildman–Crippen MR) is 188 cm³/mol. The van der Waals surface area contributed by atoms with Gasteiger partial charge >= 0.3 is 0 Å². The van der Waals surface area contributed by atoms with E-state index in [1.807, 2.05) is 93.6 Å². The van der Waals surface area contributed by atoms with Gasteiger partial charge in [0.15, 0.2) is 0 Å². The predicted octanol–water partition coefficient (Wildman–Crippen LogP) is 4.47. The lowest BCUT2D eigenvalue weighted by Gasteiger charge is -2.35. The van der Waals surface area contributed by atoms with Gasteiger partial charge in [-0.3, -0.25) is 19.4 Å². The van der Waals surface area contributed by atoms with Crippen molar-refractivity contribution in [3.63, 3.8) is 0 Å². The number of benzene rings is 3. The Morgan fingerprint density at radius 3 is 2.31 bits per heavy atom. The van der Waals surface area contributed by atoms with E-state index in [2.05, 4.69) is 32.6 Å². The van der Waals surface area contributed by atoms with Crippen LogP contribution in [0.1, 0.15) is 55.7 Å². The molecule has 1 saturated heterocycles. The number of carbonyl (C=O) groups excluding carboxylic acids is 2. The number of amides is 2. The number of piperazine rings is 1. The normalized spacial score (nSPS) is 19.5. The first-order valence-corrected chi connectivity index (χ1v) is 17.0. The fourth-order valence-corrected chi connectivity index (χ4v) is 6.54. The number of hydrogen-bond acceptors (Lipinski definition) is 7. The summed E-state index contributed by atoms with van der Waals surface area (Å²) < 4.78 is 6.00. The Morgan fingerprint density at radius 2 is 1.62 bits per heavy atom. The van der Waals surface area contributed by atoms with Crippen molar-refractivity contribution in [1.82, 2.24) is 20.4 Å². The molecule has 2 unspecified atom stereocenters. The van der Waals surface area contributed by atoms with Crippen LogP contribution in [0.4, 0.5) is 0 Å². The molecule has 4 atom stereocenters.